The molecule has 0 spiro atoms. The number of nitrogens with zero attached hydrogens (tertiary/aromatic N) is 3. The number of amides is 1. The summed E-state index contributed by atoms with van der Waals surface area (Å²) in [4.78, 5) is 14.6. The lowest BCUT2D eigenvalue weighted by Crippen LogP contribution is -2.37. The summed E-state index contributed by atoms with van der Waals surface area (Å²) < 4.78 is 20.3. The molecule has 174 valence electrons. The SMILES string of the molecule is COc1cc2nnc(C(N)=O)c(Nc3ccc(C)cc3F)c2cc1C1CCN(C(C)C)CC1. The first-order valence-corrected chi connectivity index (χ1v) is 11.2. The Morgan fingerprint density at radius 3 is 2.55 bits per heavy atom. The number of carbonyl (C=O) groups excluding carboxylic acids is 1. The zero-order valence-corrected chi connectivity index (χ0v) is 19.5. The summed E-state index contributed by atoms with van der Waals surface area (Å²) in [6, 6.07) is 9.18. The van der Waals surface area contributed by atoms with Crippen molar-refractivity contribution in [1.82, 2.24) is 15.1 Å². The first kappa shape index (κ1) is 22.9. The highest BCUT2D eigenvalue weighted by Gasteiger charge is 2.26. The van der Waals surface area contributed by atoms with E-state index in [9.17, 15) is 9.18 Å². The molecule has 0 atom stereocenters. The largest absolute Gasteiger partial charge is 0.496 e. The van der Waals surface area contributed by atoms with Gasteiger partial charge >= 0.3 is 0 Å². The molecule has 1 saturated heterocycles. The van der Waals surface area contributed by atoms with E-state index in [4.69, 9.17) is 10.5 Å². The number of nitrogens with two attached hydrogens (primary N) is 1. The predicted molar refractivity (Wildman–Crippen MR) is 128 cm³/mol. The number of aryl methyl sites for hydroxylation is 1. The number of fused-ring (bicyclic) bond motifs is 1. The van der Waals surface area contributed by atoms with Crippen LogP contribution in [0.2, 0.25) is 0 Å². The number of primary amides is 1. The van der Waals surface area contributed by atoms with Crippen molar-refractivity contribution in [1.29, 1.82) is 0 Å². The van der Waals surface area contributed by atoms with Crippen LogP contribution in [-0.2, 0) is 0 Å². The number of benzene rings is 2. The van der Waals surface area contributed by atoms with Crippen LogP contribution in [0.1, 0.15) is 54.2 Å². The fourth-order valence-corrected chi connectivity index (χ4v) is 4.53. The first-order chi connectivity index (χ1) is 15.8. The predicted octanol–water partition coefficient (Wildman–Crippen LogP) is 4.52. The Kier molecular flexibility index (Phi) is 6.47. The lowest BCUT2D eigenvalue weighted by atomic mass is 9.87. The van der Waals surface area contributed by atoms with E-state index in [-0.39, 0.29) is 11.4 Å². The molecule has 8 heteroatoms. The summed E-state index contributed by atoms with van der Waals surface area (Å²) in [5.41, 5.74) is 8.52. The second kappa shape index (κ2) is 9.31. The van der Waals surface area contributed by atoms with Crippen LogP contribution in [0.25, 0.3) is 10.9 Å². The molecule has 7 nitrogen and oxygen atoms in total. The molecule has 33 heavy (non-hydrogen) atoms. The number of carbonyl (C=O) groups is 1. The Hall–Kier alpha value is -3.26. The van der Waals surface area contributed by atoms with Gasteiger partial charge in [0.05, 0.1) is 24.0 Å². The van der Waals surface area contributed by atoms with Crippen LogP contribution in [0.3, 0.4) is 0 Å². The highest BCUT2D eigenvalue weighted by atomic mass is 19.1. The average molecular weight is 452 g/mol. The number of hydrogen-bond acceptors (Lipinski definition) is 6. The molecule has 2 heterocycles. The smallest absolute Gasteiger partial charge is 0.271 e. The van der Waals surface area contributed by atoms with Crippen molar-refractivity contribution >= 4 is 28.2 Å². The molecule has 0 aliphatic carbocycles. The van der Waals surface area contributed by atoms with Crippen LogP contribution in [0, 0.1) is 12.7 Å². The van der Waals surface area contributed by atoms with Crippen molar-refractivity contribution in [3.05, 3.63) is 53.0 Å². The van der Waals surface area contributed by atoms with Crippen LogP contribution in [0.4, 0.5) is 15.8 Å². The van der Waals surface area contributed by atoms with E-state index in [1.807, 2.05) is 19.1 Å². The van der Waals surface area contributed by atoms with Crippen LogP contribution in [0.5, 0.6) is 5.75 Å². The number of rotatable bonds is 6. The van der Waals surface area contributed by atoms with Crippen molar-refractivity contribution in [2.24, 2.45) is 5.73 Å². The van der Waals surface area contributed by atoms with Gasteiger partial charge in [0.1, 0.15) is 11.6 Å². The summed E-state index contributed by atoms with van der Waals surface area (Å²) in [5, 5.41) is 11.9. The summed E-state index contributed by atoms with van der Waals surface area (Å²) >= 11 is 0. The lowest BCUT2D eigenvalue weighted by molar-refractivity contribution is 0.0995. The third-order valence-electron chi connectivity index (χ3n) is 6.43. The molecule has 0 unspecified atom stereocenters. The number of anilines is 2. The number of ether oxygens (including phenoxy) is 1. The van der Waals surface area contributed by atoms with Gasteiger partial charge in [0.25, 0.3) is 5.91 Å². The minimum absolute atomic E-state index is 0.0341. The standard InChI is InChI=1S/C25H30FN5O2/c1-14(2)31-9-7-16(8-10-31)17-12-18-21(13-22(17)33-4)29-30-24(25(27)32)23(18)28-20-6-5-15(3)11-19(20)26/h5-6,11-14,16H,7-10H2,1-4H3,(H2,27,32)(H,28,29). The summed E-state index contributed by atoms with van der Waals surface area (Å²) in [7, 11) is 1.64. The van der Waals surface area contributed by atoms with Crippen molar-refractivity contribution in [2.75, 3.05) is 25.5 Å². The monoisotopic (exact) mass is 451 g/mol. The molecule has 2 aromatic carbocycles. The first-order valence-electron chi connectivity index (χ1n) is 11.2. The van der Waals surface area contributed by atoms with Crippen molar-refractivity contribution < 1.29 is 13.9 Å². The molecule has 1 aromatic heterocycles. The quantitative estimate of drug-likeness (QED) is 0.573. The Bertz CT molecular complexity index is 1190. The summed E-state index contributed by atoms with van der Waals surface area (Å²) in [6.07, 6.45) is 1.99. The molecule has 0 radical (unpaired) electrons. The molecular weight excluding hydrogens is 421 g/mol. The fraction of sp³-hybridized carbons (Fsp3) is 0.400. The van der Waals surface area contributed by atoms with Gasteiger partial charge in [0.2, 0.25) is 0 Å². The van der Waals surface area contributed by atoms with E-state index in [0.717, 1.165) is 42.8 Å². The number of halogens is 1. The van der Waals surface area contributed by atoms with Crippen LogP contribution < -0.4 is 15.8 Å². The zero-order valence-electron chi connectivity index (χ0n) is 19.5. The van der Waals surface area contributed by atoms with Crippen molar-refractivity contribution in [2.45, 2.75) is 45.6 Å². The number of aromatic nitrogens is 2. The second-order valence-corrected chi connectivity index (χ2v) is 8.91. The molecule has 1 fully saturated rings. The van der Waals surface area contributed by atoms with Crippen molar-refractivity contribution in [3.63, 3.8) is 0 Å². The molecule has 3 N–H and O–H groups in total. The van der Waals surface area contributed by atoms with Gasteiger partial charge in [-0.25, -0.2) is 4.39 Å². The third kappa shape index (κ3) is 4.61. The van der Waals surface area contributed by atoms with Gasteiger partial charge in [-0.3, -0.25) is 4.79 Å². The Morgan fingerprint density at radius 2 is 1.94 bits per heavy atom. The van der Waals surface area contributed by atoms with E-state index < -0.39 is 11.7 Å². The number of methoxy groups -OCH3 is 1. The highest BCUT2D eigenvalue weighted by molar-refractivity contribution is 6.06. The number of hydrogen-bond donors (Lipinski definition) is 2. The maximum atomic E-state index is 14.6. The third-order valence-corrected chi connectivity index (χ3v) is 6.43. The fourth-order valence-electron chi connectivity index (χ4n) is 4.53. The molecule has 1 aliphatic rings. The van der Waals surface area contributed by atoms with E-state index in [0.29, 0.717) is 28.6 Å². The molecule has 1 aliphatic heterocycles. The molecule has 0 bridgehead atoms. The topological polar surface area (TPSA) is 93.4 Å². The van der Waals surface area contributed by atoms with Gasteiger partial charge < -0.3 is 20.7 Å². The van der Waals surface area contributed by atoms with Gasteiger partial charge in [-0.05, 0) is 81.9 Å². The number of nitrogens with one attached hydrogen (secondary N) is 1. The number of likely N-dealkylation sites (tertiary alicyclic amines) is 1. The molecule has 3 aromatic rings. The van der Waals surface area contributed by atoms with E-state index in [2.05, 4.69) is 34.3 Å². The minimum atomic E-state index is -0.734. The molecular formula is C25H30FN5O2. The maximum absolute atomic E-state index is 14.6. The van der Waals surface area contributed by atoms with E-state index >= 15 is 0 Å². The highest BCUT2D eigenvalue weighted by Crippen LogP contribution is 2.39. The van der Waals surface area contributed by atoms with Crippen LogP contribution in [-0.4, -0.2) is 47.2 Å². The average Bonchev–Trinajstić information content (AvgIpc) is 2.79. The molecule has 1 amide bonds. The Balaban J connectivity index is 1.82. The summed E-state index contributed by atoms with van der Waals surface area (Å²) in [6.45, 7) is 8.25. The summed E-state index contributed by atoms with van der Waals surface area (Å²) in [5.74, 6) is -0.125. The van der Waals surface area contributed by atoms with Crippen molar-refractivity contribution in [3.8, 4) is 5.75 Å². The maximum Gasteiger partial charge on any atom is 0.271 e. The van der Waals surface area contributed by atoms with Gasteiger partial charge in [-0.15, -0.1) is 10.2 Å². The van der Waals surface area contributed by atoms with E-state index in [1.165, 1.54) is 6.07 Å². The van der Waals surface area contributed by atoms with Gasteiger partial charge in [0.15, 0.2) is 5.69 Å². The lowest BCUT2D eigenvalue weighted by Gasteiger charge is -2.35. The van der Waals surface area contributed by atoms with Gasteiger partial charge in [-0.1, -0.05) is 6.07 Å². The zero-order chi connectivity index (χ0) is 23.7. The van der Waals surface area contributed by atoms with Crippen LogP contribution >= 0.6 is 0 Å². The normalized spacial score (nSPS) is 15.2. The van der Waals surface area contributed by atoms with Gasteiger partial charge in [-0.2, -0.15) is 0 Å². The van der Waals surface area contributed by atoms with E-state index in [1.54, 1.807) is 19.2 Å². The molecule has 4 rings (SSSR count). The Morgan fingerprint density at radius 1 is 1.21 bits per heavy atom. The van der Waals surface area contributed by atoms with Gasteiger partial charge in [0, 0.05) is 17.5 Å². The Labute approximate surface area is 193 Å². The minimum Gasteiger partial charge on any atom is -0.496 e. The number of piperidine rings is 1. The molecule has 0 saturated carbocycles. The second-order valence-electron chi connectivity index (χ2n) is 8.91. The van der Waals surface area contributed by atoms with Crippen LogP contribution in [0.15, 0.2) is 30.3 Å².